The first-order valence-corrected chi connectivity index (χ1v) is 9.88. The summed E-state index contributed by atoms with van der Waals surface area (Å²) in [5.74, 6) is 0. The molecule has 4 heteroatoms. The molecular weight excluding hydrogens is 365 g/mol. The zero-order valence-corrected chi connectivity index (χ0v) is 17.1. The van der Waals surface area contributed by atoms with Crippen LogP contribution in [0.3, 0.4) is 0 Å². The van der Waals surface area contributed by atoms with Gasteiger partial charge in [-0.1, -0.05) is 104 Å². The number of alkyl halides is 2. The van der Waals surface area contributed by atoms with Gasteiger partial charge in [-0.05, 0) is 18.9 Å². The number of benzene rings is 2. The van der Waals surface area contributed by atoms with Crippen LogP contribution in [0.4, 0.5) is 0 Å². The number of hydrogen-bond acceptors (Lipinski definition) is 2. The van der Waals surface area contributed by atoms with E-state index in [9.17, 15) is 0 Å². The molecule has 0 aliphatic carbocycles. The van der Waals surface area contributed by atoms with Crippen molar-refractivity contribution >= 4 is 29.9 Å². The van der Waals surface area contributed by atoms with E-state index in [4.69, 9.17) is 28.0 Å². The van der Waals surface area contributed by atoms with Gasteiger partial charge in [0.2, 0.25) is 0 Å². The lowest BCUT2D eigenvalue weighted by atomic mass is 9.83. The van der Waals surface area contributed by atoms with Gasteiger partial charge in [0.25, 0.3) is 5.06 Å². The van der Waals surface area contributed by atoms with Gasteiger partial charge in [-0.15, -0.1) is 16.8 Å². The van der Waals surface area contributed by atoms with Crippen LogP contribution >= 0.6 is 23.2 Å². The Kier molecular flexibility index (Phi) is 7.55. The van der Waals surface area contributed by atoms with Gasteiger partial charge < -0.3 is 4.84 Å². The normalized spacial score (nSPS) is 15.7. The molecule has 2 nitrogen and oxygen atoms in total. The summed E-state index contributed by atoms with van der Waals surface area (Å²) in [4.78, 5) is 4.70. The number of aryl methyl sites for hydroxylation is 1. The Labute approximate surface area is 167 Å². The predicted octanol–water partition coefficient (Wildman–Crippen LogP) is 7.12. The van der Waals surface area contributed by atoms with Crippen molar-refractivity contribution in [2.45, 2.75) is 55.9 Å². The molecule has 0 fully saturated rings. The number of nitrogens with zero attached hydrogens (tertiary/aromatic N) is 1. The molecule has 0 amide bonds. The number of oxime groups is 1. The Balaban J connectivity index is 2.51. The van der Waals surface area contributed by atoms with Gasteiger partial charge in [0, 0.05) is 12.3 Å². The van der Waals surface area contributed by atoms with E-state index in [0.717, 1.165) is 30.4 Å². The van der Waals surface area contributed by atoms with Crippen molar-refractivity contribution < 1.29 is 4.84 Å². The fourth-order valence-corrected chi connectivity index (χ4v) is 3.98. The van der Waals surface area contributed by atoms with Gasteiger partial charge in [0.1, 0.15) is 4.87 Å². The molecule has 0 saturated carbocycles. The van der Waals surface area contributed by atoms with Crippen LogP contribution in [-0.2, 0) is 14.8 Å². The van der Waals surface area contributed by atoms with Gasteiger partial charge >= 0.3 is 0 Å². The summed E-state index contributed by atoms with van der Waals surface area (Å²) in [5, 5.41) is 2.32. The van der Waals surface area contributed by atoms with Crippen LogP contribution in [0.25, 0.3) is 0 Å². The van der Waals surface area contributed by atoms with Crippen LogP contribution in [0, 0.1) is 6.92 Å². The molecule has 0 spiro atoms. The van der Waals surface area contributed by atoms with Crippen molar-refractivity contribution in [1.82, 2.24) is 0 Å². The Hall–Kier alpha value is -1.51. The van der Waals surface area contributed by atoms with Crippen molar-refractivity contribution in [3.05, 3.63) is 71.3 Å². The summed E-state index contributed by atoms with van der Waals surface area (Å²) in [7, 11) is 0. The lowest BCUT2D eigenvalue weighted by Crippen LogP contribution is -2.42. The Morgan fingerprint density at radius 3 is 2.15 bits per heavy atom. The fourth-order valence-electron chi connectivity index (χ4n) is 3.20. The second-order valence-corrected chi connectivity index (χ2v) is 7.84. The summed E-state index contributed by atoms with van der Waals surface area (Å²) in [6, 6.07) is 17.7. The summed E-state index contributed by atoms with van der Waals surface area (Å²) in [5.41, 5.74) is 2.85. The summed E-state index contributed by atoms with van der Waals surface area (Å²) in [6.45, 7) is 7.73. The van der Waals surface area contributed by atoms with Gasteiger partial charge in [-0.3, -0.25) is 0 Å². The molecule has 0 aliphatic heterocycles. The highest BCUT2D eigenvalue weighted by atomic mass is 35.5. The quantitative estimate of drug-likeness (QED) is 0.182. The lowest BCUT2D eigenvalue weighted by molar-refractivity contribution is -0.0165. The second-order valence-electron chi connectivity index (χ2n) is 6.66. The molecular formula is C22H27Cl2NO. The second kappa shape index (κ2) is 9.43. The lowest BCUT2D eigenvalue weighted by Gasteiger charge is -2.41. The molecule has 0 aliphatic rings. The smallest absolute Gasteiger partial charge is 0.258 e. The molecule has 140 valence electrons. The maximum absolute atomic E-state index is 7.27. The van der Waals surface area contributed by atoms with Crippen molar-refractivity contribution in [2.24, 2.45) is 5.16 Å². The van der Waals surface area contributed by atoms with E-state index in [1.165, 1.54) is 12.0 Å². The van der Waals surface area contributed by atoms with E-state index in [-0.39, 0.29) is 0 Å². The van der Waals surface area contributed by atoms with E-state index in [2.05, 4.69) is 18.8 Å². The minimum Gasteiger partial charge on any atom is -0.366 e. The fraction of sp³-hybridized carbons (Fsp3) is 0.409. The highest BCUT2D eigenvalue weighted by Crippen LogP contribution is 2.54. The maximum atomic E-state index is 7.27. The zero-order chi connectivity index (χ0) is 19.0. The van der Waals surface area contributed by atoms with E-state index in [0.29, 0.717) is 6.42 Å². The molecule has 0 N–H and O–H groups in total. The van der Waals surface area contributed by atoms with Crippen LogP contribution in [0.5, 0.6) is 0 Å². The average molecular weight is 392 g/mol. The van der Waals surface area contributed by atoms with Crippen LogP contribution in [0.2, 0.25) is 0 Å². The molecule has 2 aromatic carbocycles. The third-order valence-electron chi connectivity index (χ3n) is 4.73. The van der Waals surface area contributed by atoms with Gasteiger partial charge in [0.05, 0.1) is 0 Å². The van der Waals surface area contributed by atoms with Gasteiger partial charge in [-0.2, -0.15) is 0 Å². The van der Waals surface area contributed by atoms with Crippen LogP contribution < -0.4 is 0 Å². The predicted molar refractivity (Wildman–Crippen MR) is 112 cm³/mol. The number of rotatable bonds is 10. The third kappa shape index (κ3) is 4.42. The maximum Gasteiger partial charge on any atom is 0.258 e. The van der Waals surface area contributed by atoms with Crippen LogP contribution in [0.15, 0.2) is 59.8 Å². The van der Waals surface area contributed by atoms with Crippen LogP contribution in [-0.4, -0.2) is 6.72 Å². The monoisotopic (exact) mass is 391 g/mol. The number of halogens is 2. The minimum absolute atomic E-state index is 0.672. The van der Waals surface area contributed by atoms with E-state index in [1.54, 1.807) is 0 Å². The first-order chi connectivity index (χ1) is 12.5. The average Bonchev–Trinajstić information content (AvgIpc) is 2.66. The minimum atomic E-state index is -1.35. The Bertz CT molecular complexity index is 689. The summed E-state index contributed by atoms with van der Waals surface area (Å²) < 4.78 is 0. The topological polar surface area (TPSA) is 21.6 Å². The summed E-state index contributed by atoms with van der Waals surface area (Å²) in [6.07, 6.45) is 5.05. The zero-order valence-electron chi connectivity index (χ0n) is 15.6. The standard InChI is InChI=1S/C22H27Cl2NO/c1-4-5-6-10-17-21(23,19-15-13-18(2)14-16-19)22(24,26-25-3)20-11-8-7-9-12-20/h7-9,11-16H,3-6,10,17H2,1-2H3. The van der Waals surface area contributed by atoms with Gasteiger partial charge in [-0.25, -0.2) is 0 Å². The van der Waals surface area contributed by atoms with Crippen molar-refractivity contribution in [1.29, 1.82) is 0 Å². The molecule has 2 aromatic rings. The molecule has 0 bridgehead atoms. The molecule has 2 unspecified atom stereocenters. The van der Waals surface area contributed by atoms with Crippen molar-refractivity contribution in [2.75, 3.05) is 0 Å². The first-order valence-electron chi connectivity index (χ1n) is 9.12. The summed E-state index contributed by atoms with van der Waals surface area (Å²) >= 11 is 14.3. The SMILES string of the molecule is C=NOC(Cl)(c1ccccc1)C(Cl)(CCCCCC)c1ccc(C)cc1. The van der Waals surface area contributed by atoms with E-state index in [1.807, 2.05) is 61.5 Å². The molecule has 0 aromatic heterocycles. The number of unbranched alkanes of at least 4 members (excludes halogenated alkanes) is 3. The molecule has 0 saturated heterocycles. The largest absolute Gasteiger partial charge is 0.366 e. The van der Waals surface area contributed by atoms with E-state index >= 15 is 0 Å². The molecule has 2 atom stereocenters. The molecule has 0 heterocycles. The molecule has 0 radical (unpaired) electrons. The van der Waals surface area contributed by atoms with Gasteiger partial charge in [0.15, 0.2) is 0 Å². The van der Waals surface area contributed by atoms with Crippen molar-refractivity contribution in [3.63, 3.8) is 0 Å². The first kappa shape index (κ1) is 20.8. The Morgan fingerprint density at radius 1 is 0.923 bits per heavy atom. The van der Waals surface area contributed by atoms with Crippen LogP contribution in [0.1, 0.15) is 55.7 Å². The van der Waals surface area contributed by atoms with Crippen molar-refractivity contribution in [3.8, 4) is 0 Å². The van der Waals surface area contributed by atoms with E-state index < -0.39 is 9.93 Å². The molecule has 2 rings (SSSR count). The highest BCUT2D eigenvalue weighted by molar-refractivity contribution is 6.34. The molecule has 26 heavy (non-hydrogen) atoms. The Morgan fingerprint density at radius 2 is 1.58 bits per heavy atom. The highest BCUT2D eigenvalue weighted by Gasteiger charge is 2.54. The number of hydrogen-bond donors (Lipinski definition) is 0. The third-order valence-corrected chi connectivity index (χ3v) is 6.11.